The summed E-state index contributed by atoms with van der Waals surface area (Å²) in [5.74, 6) is 0.630. The third kappa shape index (κ3) is 3.89. The number of nitrogens with one attached hydrogen (secondary N) is 1. The Hall–Kier alpha value is -1.19. The minimum atomic E-state index is -3.05. The van der Waals surface area contributed by atoms with Crippen LogP contribution in [0.15, 0.2) is 0 Å². The van der Waals surface area contributed by atoms with Gasteiger partial charge in [0.25, 0.3) is 5.91 Å². The van der Waals surface area contributed by atoms with Crippen LogP contribution in [0.1, 0.15) is 39.0 Å². The van der Waals surface area contributed by atoms with Crippen LogP contribution >= 0.6 is 0 Å². The monoisotopic (exact) mass is 387 g/mol. The largest absolute Gasteiger partial charge is 0.383 e. The van der Waals surface area contributed by atoms with Crippen LogP contribution in [0.4, 0.5) is 4.79 Å². The van der Waals surface area contributed by atoms with Crippen molar-refractivity contribution in [3.05, 3.63) is 0 Å². The highest BCUT2D eigenvalue weighted by Crippen LogP contribution is 2.36. The molecule has 2 aliphatic heterocycles. The lowest BCUT2D eigenvalue weighted by atomic mass is 9.77. The van der Waals surface area contributed by atoms with Gasteiger partial charge in [-0.2, -0.15) is 0 Å². The summed E-state index contributed by atoms with van der Waals surface area (Å²) in [6, 6.07) is -0.550. The van der Waals surface area contributed by atoms with E-state index in [1.807, 2.05) is 4.90 Å². The van der Waals surface area contributed by atoms with Gasteiger partial charge in [-0.1, -0.05) is 6.92 Å². The van der Waals surface area contributed by atoms with E-state index >= 15 is 0 Å². The van der Waals surface area contributed by atoms with Crippen molar-refractivity contribution in [2.24, 2.45) is 5.92 Å². The first kappa shape index (κ1) is 19.6. The van der Waals surface area contributed by atoms with Gasteiger partial charge >= 0.3 is 6.03 Å². The van der Waals surface area contributed by atoms with Crippen molar-refractivity contribution < 1.29 is 22.7 Å². The second kappa shape index (κ2) is 7.44. The van der Waals surface area contributed by atoms with Crippen molar-refractivity contribution >= 4 is 21.8 Å². The molecule has 3 rings (SSSR count). The summed E-state index contributed by atoms with van der Waals surface area (Å²) in [6.07, 6.45) is 3.72. The molecule has 148 valence electrons. The van der Waals surface area contributed by atoms with Crippen molar-refractivity contribution in [2.45, 2.75) is 50.6 Å². The van der Waals surface area contributed by atoms with Gasteiger partial charge < -0.3 is 10.1 Å². The number of ether oxygens (including phenoxy) is 1. The van der Waals surface area contributed by atoms with Crippen LogP contribution in [0.2, 0.25) is 0 Å². The Bertz CT molecular complexity index is 657. The predicted octanol–water partition coefficient (Wildman–Crippen LogP) is 0.580. The fraction of sp³-hybridized carbons (Fsp3) is 0.882. The van der Waals surface area contributed by atoms with Gasteiger partial charge in [-0.15, -0.1) is 0 Å². The first-order chi connectivity index (χ1) is 12.3. The van der Waals surface area contributed by atoms with E-state index in [1.165, 1.54) is 4.90 Å². The zero-order valence-corrected chi connectivity index (χ0v) is 16.4. The molecule has 2 saturated heterocycles. The summed E-state index contributed by atoms with van der Waals surface area (Å²) in [5, 5.41) is 2.92. The fourth-order valence-corrected chi connectivity index (χ4v) is 5.98. The molecule has 0 bridgehead atoms. The van der Waals surface area contributed by atoms with Gasteiger partial charge in [-0.3, -0.25) is 9.69 Å². The van der Waals surface area contributed by atoms with E-state index in [1.54, 1.807) is 7.11 Å². The second-order valence-corrected chi connectivity index (χ2v) is 10.2. The number of amides is 3. The van der Waals surface area contributed by atoms with Crippen LogP contribution in [0.25, 0.3) is 0 Å². The molecule has 0 aromatic carbocycles. The van der Waals surface area contributed by atoms with Crippen molar-refractivity contribution in [2.75, 3.05) is 38.4 Å². The molecule has 3 amide bonds. The summed E-state index contributed by atoms with van der Waals surface area (Å²) >= 11 is 0. The first-order valence-electron chi connectivity index (χ1n) is 9.34. The molecule has 1 aliphatic carbocycles. The SMILES string of the molecule is COCCN(CN1C(=O)NC2(CCC(C)CC2)C1=O)[C@H]1CCS(=O)(=O)C1. The number of carbonyl (C=O) groups is 2. The lowest BCUT2D eigenvalue weighted by Crippen LogP contribution is -2.51. The molecule has 9 heteroatoms. The molecule has 1 spiro atoms. The van der Waals surface area contributed by atoms with Crippen LogP contribution < -0.4 is 5.32 Å². The number of nitrogens with zero attached hydrogens (tertiary/aromatic N) is 2. The molecule has 2 heterocycles. The van der Waals surface area contributed by atoms with Gasteiger partial charge in [0.1, 0.15) is 5.54 Å². The molecule has 3 fully saturated rings. The van der Waals surface area contributed by atoms with Crippen molar-refractivity contribution in [3.63, 3.8) is 0 Å². The lowest BCUT2D eigenvalue weighted by Gasteiger charge is -2.34. The van der Waals surface area contributed by atoms with Crippen molar-refractivity contribution in [3.8, 4) is 0 Å². The number of hydrogen-bond donors (Lipinski definition) is 1. The molecule has 26 heavy (non-hydrogen) atoms. The fourth-order valence-electron chi connectivity index (χ4n) is 4.22. The average Bonchev–Trinajstić information content (AvgIpc) is 3.06. The van der Waals surface area contributed by atoms with Crippen molar-refractivity contribution in [1.29, 1.82) is 0 Å². The van der Waals surface area contributed by atoms with Crippen LogP contribution in [-0.2, 0) is 19.4 Å². The van der Waals surface area contributed by atoms with Gasteiger partial charge in [0.05, 0.1) is 24.8 Å². The van der Waals surface area contributed by atoms with E-state index in [9.17, 15) is 18.0 Å². The Labute approximate surface area is 155 Å². The molecule has 0 unspecified atom stereocenters. The molecule has 1 atom stereocenters. The molecule has 3 aliphatic rings. The van der Waals surface area contributed by atoms with Gasteiger partial charge in [0, 0.05) is 19.7 Å². The quantitative estimate of drug-likeness (QED) is 0.670. The van der Waals surface area contributed by atoms with Crippen LogP contribution in [-0.4, -0.2) is 80.2 Å². The molecule has 0 radical (unpaired) electrons. The minimum Gasteiger partial charge on any atom is -0.383 e. The number of rotatable bonds is 6. The highest BCUT2D eigenvalue weighted by atomic mass is 32.2. The predicted molar refractivity (Wildman–Crippen MR) is 96.2 cm³/mol. The third-order valence-corrected chi connectivity index (χ3v) is 7.75. The van der Waals surface area contributed by atoms with Crippen LogP contribution in [0.3, 0.4) is 0 Å². The van der Waals surface area contributed by atoms with Gasteiger partial charge in [0.15, 0.2) is 9.84 Å². The number of urea groups is 1. The van der Waals surface area contributed by atoms with Gasteiger partial charge in [-0.25, -0.2) is 18.1 Å². The molecule has 1 saturated carbocycles. The van der Waals surface area contributed by atoms with E-state index in [-0.39, 0.29) is 36.2 Å². The minimum absolute atomic E-state index is 0.0724. The maximum absolute atomic E-state index is 13.0. The maximum atomic E-state index is 13.0. The van der Waals surface area contributed by atoms with E-state index in [0.717, 1.165) is 12.8 Å². The molecule has 1 N–H and O–H groups in total. The summed E-state index contributed by atoms with van der Waals surface area (Å²) in [7, 11) is -1.47. The third-order valence-electron chi connectivity index (χ3n) is 6.00. The number of sulfone groups is 1. The second-order valence-electron chi connectivity index (χ2n) is 7.93. The number of methoxy groups -OCH3 is 1. The maximum Gasteiger partial charge on any atom is 0.326 e. The normalized spacial score (nSPS) is 34.0. The average molecular weight is 388 g/mol. The smallest absolute Gasteiger partial charge is 0.326 e. The van der Waals surface area contributed by atoms with Crippen LogP contribution in [0, 0.1) is 5.92 Å². The van der Waals surface area contributed by atoms with Gasteiger partial charge in [-0.05, 0) is 38.0 Å². The van der Waals surface area contributed by atoms with Crippen LogP contribution in [0.5, 0.6) is 0 Å². The highest BCUT2D eigenvalue weighted by molar-refractivity contribution is 7.91. The zero-order chi connectivity index (χ0) is 18.9. The molecular formula is C17H29N3O5S. The lowest BCUT2D eigenvalue weighted by molar-refractivity contribution is -0.134. The number of imide groups is 1. The topological polar surface area (TPSA) is 96.0 Å². The van der Waals surface area contributed by atoms with E-state index < -0.39 is 15.4 Å². The molecule has 8 nitrogen and oxygen atoms in total. The summed E-state index contributed by atoms with van der Waals surface area (Å²) in [4.78, 5) is 28.7. The summed E-state index contributed by atoms with van der Waals surface area (Å²) in [6.45, 7) is 3.19. The highest BCUT2D eigenvalue weighted by Gasteiger charge is 2.52. The van der Waals surface area contributed by atoms with E-state index in [0.29, 0.717) is 38.3 Å². The Morgan fingerprint density at radius 3 is 2.54 bits per heavy atom. The van der Waals surface area contributed by atoms with E-state index in [2.05, 4.69) is 12.2 Å². The Balaban J connectivity index is 1.72. The summed E-state index contributed by atoms with van der Waals surface area (Å²) < 4.78 is 28.8. The number of carbonyl (C=O) groups excluding carboxylic acids is 2. The Kier molecular flexibility index (Phi) is 5.60. The molecular weight excluding hydrogens is 358 g/mol. The first-order valence-corrected chi connectivity index (χ1v) is 11.2. The number of hydrogen-bond acceptors (Lipinski definition) is 6. The molecule has 0 aromatic rings. The molecule has 0 aromatic heterocycles. The summed E-state index contributed by atoms with van der Waals surface area (Å²) in [5.41, 5.74) is -0.766. The standard InChI is InChI=1S/C17H29N3O5S/c1-13-3-6-17(7-4-13)15(21)20(16(22)18-17)12-19(8-9-25-2)14-5-10-26(23,24)11-14/h13-14H,3-12H2,1-2H3,(H,18,22)/t13?,14-,17?/m0/s1. The van der Waals surface area contributed by atoms with Gasteiger partial charge in [0.2, 0.25) is 0 Å². The zero-order valence-electron chi connectivity index (χ0n) is 15.6. The van der Waals surface area contributed by atoms with E-state index in [4.69, 9.17) is 4.74 Å². The Morgan fingerprint density at radius 2 is 1.96 bits per heavy atom. The van der Waals surface area contributed by atoms with Crippen molar-refractivity contribution in [1.82, 2.24) is 15.1 Å². The Morgan fingerprint density at radius 1 is 1.27 bits per heavy atom.